The van der Waals surface area contributed by atoms with Crippen LogP contribution in [0.4, 0.5) is 0 Å². The lowest BCUT2D eigenvalue weighted by Crippen LogP contribution is -2.38. The molecule has 0 spiro atoms. The second kappa shape index (κ2) is 7.34. The van der Waals surface area contributed by atoms with E-state index in [1.165, 1.54) is 0 Å². The van der Waals surface area contributed by atoms with E-state index in [9.17, 15) is 4.79 Å². The third-order valence-electron chi connectivity index (χ3n) is 3.55. The maximum Gasteiger partial charge on any atom is 0.223 e. The fourth-order valence-electron chi connectivity index (χ4n) is 2.90. The molecule has 18 heavy (non-hydrogen) atoms. The van der Waals surface area contributed by atoms with Crippen LogP contribution in [0, 0.1) is 17.3 Å². The maximum absolute atomic E-state index is 12.0. The van der Waals surface area contributed by atoms with Gasteiger partial charge in [-0.05, 0) is 37.0 Å². The summed E-state index contributed by atoms with van der Waals surface area (Å²) in [5, 5.41) is 3.10. The van der Waals surface area contributed by atoms with Gasteiger partial charge in [0, 0.05) is 18.5 Å². The Balaban J connectivity index is 0.00000289. The molecule has 1 rings (SSSR count). The van der Waals surface area contributed by atoms with E-state index in [0.717, 1.165) is 32.2 Å². The molecule has 0 bridgehead atoms. The van der Waals surface area contributed by atoms with Gasteiger partial charge in [-0.15, -0.1) is 12.4 Å². The van der Waals surface area contributed by atoms with Crippen LogP contribution in [0.3, 0.4) is 0 Å². The fourth-order valence-corrected chi connectivity index (χ4v) is 2.90. The molecule has 0 aromatic rings. The van der Waals surface area contributed by atoms with Crippen molar-refractivity contribution in [1.29, 1.82) is 0 Å². The van der Waals surface area contributed by atoms with E-state index in [1.807, 2.05) is 0 Å². The molecular formula is C14H29ClN2O. The van der Waals surface area contributed by atoms with Crippen LogP contribution in [0.25, 0.3) is 0 Å². The van der Waals surface area contributed by atoms with Gasteiger partial charge in [-0.1, -0.05) is 27.7 Å². The van der Waals surface area contributed by atoms with Gasteiger partial charge in [0.15, 0.2) is 0 Å². The zero-order chi connectivity index (χ0) is 13.1. The Kier molecular flexibility index (Phi) is 7.23. The lowest BCUT2D eigenvalue weighted by molar-refractivity contribution is -0.125. The number of nitrogens with two attached hydrogens (primary N) is 1. The summed E-state index contributed by atoms with van der Waals surface area (Å²) < 4.78 is 0. The summed E-state index contributed by atoms with van der Waals surface area (Å²) in [4.78, 5) is 12.0. The van der Waals surface area contributed by atoms with Gasteiger partial charge in [0.2, 0.25) is 5.91 Å². The molecule has 1 saturated carbocycles. The molecule has 0 aromatic heterocycles. The summed E-state index contributed by atoms with van der Waals surface area (Å²) in [6.45, 7) is 9.65. The quantitative estimate of drug-likeness (QED) is 0.811. The summed E-state index contributed by atoms with van der Waals surface area (Å²) in [6.07, 6.45) is 3.94. The normalized spacial score (nSPS) is 23.9. The summed E-state index contributed by atoms with van der Waals surface area (Å²) in [7, 11) is 0. The zero-order valence-electron chi connectivity index (χ0n) is 12.2. The molecule has 2 atom stereocenters. The van der Waals surface area contributed by atoms with Crippen molar-refractivity contribution in [3.05, 3.63) is 0 Å². The number of nitrogens with one attached hydrogen (secondary N) is 1. The topological polar surface area (TPSA) is 55.1 Å². The second-order valence-corrected chi connectivity index (χ2v) is 6.75. The third-order valence-corrected chi connectivity index (χ3v) is 3.55. The number of rotatable bonds is 5. The highest BCUT2D eigenvalue weighted by Gasteiger charge is 2.29. The molecule has 2 unspecified atom stereocenters. The van der Waals surface area contributed by atoms with Crippen LogP contribution in [0.2, 0.25) is 0 Å². The predicted molar refractivity (Wildman–Crippen MR) is 78.8 cm³/mol. The SMILES string of the molecule is CC(C)CC(C)(C)CNC(=O)C1CCC(N)C1.Cl. The van der Waals surface area contributed by atoms with E-state index in [2.05, 4.69) is 33.0 Å². The van der Waals surface area contributed by atoms with Gasteiger partial charge in [0.25, 0.3) is 0 Å². The molecule has 0 aromatic carbocycles. The van der Waals surface area contributed by atoms with Crippen LogP contribution in [0.1, 0.15) is 53.4 Å². The maximum atomic E-state index is 12.0. The number of hydrogen-bond acceptors (Lipinski definition) is 2. The van der Waals surface area contributed by atoms with Gasteiger partial charge in [-0.2, -0.15) is 0 Å². The highest BCUT2D eigenvalue weighted by Crippen LogP contribution is 2.26. The van der Waals surface area contributed by atoms with Crippen LogP contribution >= 0.6 is 12.4 Å². The van der Waals surface area contributed by atoms with Crippen molar-refractivity contribution in [1.82, 2.24) is 5.32 Å². The summed E-state index contributed by atoms with van der Waals surface area (Å²) in [5.74, 6) is 1.02. The standard InChI is InChI=1S/C14H28N2O.ClH/c1-10(2)8-14(3,4)9-16-13(17)11-5-6-12(15)7-11;/h10-12H,5-9,15H2,1-4H3,(H,16,17);1H. The zero-order valence-corrected chi connectivity index (χ0v) is 13.0. The van der Waals surface area contributed by atoms with Gasteiger partial charge in [-0.25, -0.2) is 0 Å². The Hall–Kier alpha value is -0.280. The molecule has 0 heterocycles. The molecular weight excluding hydrogens is 248 g/mol. The Morgan fingerprint density at radius 3 is 2.44 bits per heavy atom. The first-order valence-electron chi connectivity index (χ1n) is 6.83. The monoisotopic (exact) mass is 276 g/mol. The number of carbonyl (C=O) groups is 1. The summed E-state index contributed by atoms with van der Waals surface area (Å²) in [5.41, 5.74) is 6.02. The first-order chi connectivity index (χ1) is 7.80. The number of hydrogen-bond donors (Lipinski definition) is 2. The lowest BCUT2D eigenvalue weighted by Gasteiger charge is -2.27. The van der Waals surface area contributed by atoms with E-state index in [1.54, 1.807) is 0 Å². The summed E-state index contributed by atoms with van der Waals surface area (Å²) >= 11 is 0. The van der Waals surface area contributed by atoms with Gasteiger partial charge >= 0.3 is 0 Å². The second-order valence-electron chi connectivity index (χ2n) is 6.75. The van der Waals surface area contributed by atoms with E-state index in [4.69, 9.17) is 5.73 Å². The number of carbonyl (C=O) groups excluding carboxylic acids is 1. The molecule has 1 aliphatic carbocycles. The van der Waals surface area contributed by atoms with Gasteiger partial charge in [0.1, 0.15) is 0 Å². The minimum Gasteiger partial charge on any atom is -0.355 e. The fraction of sp³-hybridized carbons (Fsp3) is 0.929. The largest absolute Gasteiger partial charge is 0.355 e. The molecule has 3 N–H and O–H groups in total. The molecule has 108 valence electrons. The Labute approximate surface area is 118 Å². The first-order valence-corrected chi connectivity index (χ1v) is 6.83. The van der Waals surface area contributed by atoms with E-state index in [0.29, 0.717) is 5.92 Å². The minimum atomic E-state index is 0. The van der Waals surface area contributed by atoms with E-state index in [-0.39, 0.29) is 35.7 Å². The van der Waals surface area contributed by atoms with Crippen molar-refractivity contribution >= 4 is 18.3 Å². The van der Waals surface area contributed by atoms with Crippen LogP contribution in [-0.2, 0) is 4.79 Å². The first kappa shape index (κ1) is 17.7. The van der Waals surface area contributed by atoms with Crippen molar-refractivity contribution in [2.24, 2.45) is 23.0 Å². The Bertz CT molecular complexity index is 267. The van der Waals surface area contributed by atoms with Crippen LogP contribution in [0.15, 0.2) is 0 Å². The molecule has 0 saturated heterocycles. The Morgan fingerprint density at radius 1 is 1.39 bits per heavy atom. The van der Waals surface area contributed by atoms with Gasteiger partial charge in [0.05, 0.1) is 0 Å². The molecule has 0 aliphatic heterocycles. The summed E-state index contributed by atoms with van der Waals surface area (Å²) in [6, 6.07) is 0.231. The average Bonchev–Trinajstić information content (AvgIpc) is 2.59. The van der Waals surface area contributed by atoms with Gasteiger partial charge < -0.3 is 11.1 Å². The smallest absolute Gasteiger partial charge is 0.223 e. The van der Waals surface area contributed by atoms with Crippen LogP contribution in [0.5, 0.6) is 0 Å². The predicted octanol–water partition coefficient (Wildman–Crippen LogP) is 2.72. The van der Waals surface area contributed by atoms with E-state index < -0.39 is 0 Å². The molecule has 4 heteroatoms. The van der Waals surface area contributed by atoms with Crippen molar-refractivity contribution in [2.75, 3.05) is 6.54 Å². The minimum absolute atomic E-state index is 0. The number of amides is 1. The number of halogens is 1. The average molecular weight is 277 g/mol. The third kappa shape index (κ3) is 6.05. The molecule has 1 amide bonds. The highest BCUT2D eigenvalue weighted by atomic mass is 35.5. The van der Waals surface area contributed by atoms with Gasteiger partial charge in [-0.3, -0.25) is 4.79 Å². The van der Waals surface area contributed by atoms with E-state index >= 15 is 0 Å². The molecule has 1 aliphatic rings. The van der Waals surface area contributed by atoms with Crippen molar-refractivity contribution in [3.63, 3.8) is 0 Å². The Morgan fingerprint density at radius 2 is 2.00 bits per heavy atom. The highest BCUT2D eigenvalue weighted by molar-refractivity contribution is 5.85. The lowest BCUT2D eigenvalue weighted by atomic mass is 9.84. The van der Waals surface area contributed by atoms with Crippen molar-refractivity contribution in [3.8, 4) is 0 Å². The van der Waals surface area contributed by atoms with Crippen molar-refractivity contribution < 1.29 is 4.79 Å². The van der Waals surface area contributed by atoms with Crippen molar-refractivity contribution in [2.45, 2.75) is 59.4 Å². The molecule has 1 fully saturated rings. The van der Waals surface area contributed by atoms with Crippen LogP contribution < -0.4 is 11.1 Å². The molecule has 3 nitrogen and oxygen atoms in total. The molecule has 0 radical (unpaired) electrons. The van der Waals surface area contributed by atoms with Crippen LogP contribution in [-0.4, -0.2) is 18.5 Å².